The number of anilines is 2. The van der Waals surface area contributed by atoms with Gasteiger partial charge in [0.15, 0.2) is 5.82 Å². The summed E-state index contributed by atoms with van der Waals surface area (Å²) in [5.41, 5.74) is 2.80. The van der Waals surface area contributed by atoms with Crippen LogP contribution in [0.15, 0.2) is 86.6 Å². The molecule has 0 saturated heterocycles. The molecule has 0 fully saturated rings. The molecule has 3 aromatic carbocycles. The molecule has 1 amide bonds. The second-order valence-corrected chi connectivity index (χ2v) is 14.5. The van der Waals surface area contributed by atoms with Gasteiger partial charge in [-0.15, -0.1) is 9.89 Å². The summed E-state index contributed by atoms with van der Waals surface area (Å²) in [6.07, 6.45) is 0. The normalized spacial score (nSPS) is 13.6. The molecule has 50 heavy (non-hydrogen) atoms. The number of likely N-dealkylation sites (N-methyl/N-ethyl adjacent to an activating group) is 1. The smallest absolute Gasteiger partial charge is 0.744 e. The minimum Gasteiger partial charge on any atom is -0.744 e. The minimum absolute atomic E-state index is 0. The van der Waals surface area contributed by atoms with Gasteiger partial charge in [0, 0.05) is 41.0 Å². The Hall–Kier alpha value is -2.81. The van der Waals surface area contributed by atoms with E-state index in [1.165, 1.54) is 16.9 Å². The molecular formula is C31H31N7Na2O8S2. The van der Waals surface area contributed by atoms with Crippen LogP contribution in [-0.2, 0) is 20.2 Å². The Labute approximate surface area is 334 Å². The summed E-state index contributed by atoms with van der Waals surface area (Å²) < 4.78 is 68.9. The van der Waals surface area contributed by atoms with Crippen molar-refractivity contribution in [3.05, 3.63) is 78.1 Å². The number of nitrogens with one attached hydrogen (secondary N) is 1. The van der Waals surface area contributed by atoms with Gasteiger partial charge in [0.1, 0.15) is 25.9 Å². The molecule has 0 aliphatic carbocycles. The average Bonchev–Trinajstić information content (AvgIpc) is 3.59. The minimum atomic E-state index is -5.17. The van der Waals surface area contributed by atoms with Crippen molar-refractivity contribution in [1.29, 1.82) is 0 Å². The number of aliphatic hydroxyl groups is 1. The number of aliphatic hydroxyl groups excluding tert-OH is 1. The van der Waals surface area contributed by atoms with Gasteiger partial charge in [-0.25, -0.2) is 26.8 Å². The van der Waals surface area contributed by atoms with Gasteiger partial charge in [-0.1, -0.05) is 20.8 Å². The molecule has 252 valence electrons. The van der Waals surface area contributed by atoms with Crippen molar-refractivity contribution in [2.24, 2.45) is 15.5 Å². The number of carbonyl (C=O) groups excluding carboxylic acids is 1. The zero-order valence-corrected chi connectivity index (χ0v) is 33.9. The van der Waals surface area contributed by atoms with Crippen molar-refractivity contribution >= 4 is 54.6 Å². The third-order valence-corrected chi connectivity index (χ3v) is 8.89. The molecule has 2 heterocycles. The van der Waals surface area contributed by atoms with Crippen LogP contribution in [0.25, 0.3) is 11.4 Å². The zero-order valence-electron chi connectivity index (χ0n) is 28.3. The molecule has 0 unspecified atom stereocenters. The molecule has 5 rings (SSSR count). The summed E-state index contributed by atoms with van der Waals surface area (Å²) in [5.74, 6) is -0.195. The van der Waals surface area contributed by atoms with Gasteiger partial charge in [0.05, 0.1) is 27.8 Å². The number of amides is 1. The number of aromatic nitrogens is 3. The van der Waals surface area contributed by atoms with E-state index in [9.17, 15) is 35.8 Å². The number of benzene rings is 3. The molecule has 19 heteroatoms. The van der Waals surface area contributed by atoms with Crippen molar-refractivity contribution < 1.29 is 95.0 Å². The fourth-order valence-electron chi connectivity index (χ4n) is 4.86. The van der Waals surface area contributed by atoms with E-state index in [1.807, 2.05) is 56.9 Å². The predicted octanol–water partition coefficient (Wildman–Crippen LogP) is -2.78. The van der Waals surface area contributed by atoms with Crippen LogP contribution in [0, 0.1) is 5.41 Å². The largest absolute Gasteiger partial charge is 1.00 e. The topological polar surface area (TPSA) is 222 Å². The molecular weight excluding hydrogens is 708 g/mol. The van der Waals surface area contributed by atoms with Gasteiger partial charge in [-0.05, 0) is 73.7 Å². The van der Waals surface area contributed by atoms with E-state index >= 15 is 0 Å². The molecule has 0 bridgehead atoms. The Balaban J connectivity index is 0.00000338. The van der Waals surface area contributed by atoms with Crippen molar-refractivity contribution in [3.8, 4) is 11.4 Å². The summed E-state index contributed by atoms with van der Waals surface area (Å²) in [6, 6.07) is 15.7. The first-order chi connectivity index (χ1) is 22.5. The van der Waals surface area contributed by atoms with Crippen molar-refractivity contribution in [1.82, 2.24) is 14.9 Å². The number of nitrogens with zero attached hydrogens (tertiary/aromatic N) is 6. The number of fused-ring (bicyclic) bond motifs is 1. The molecule has 1 aliphatic rings. The van der Waals surface area contributed by atoms with Crippen LogP contribution in [0.1, 0.15) is 43.9 Å². The summed E-state index contributed by atoms with van der Waals surface area (Å²) in [6.45, 7) is 9.34. The number of hydrogen-bond acceptors (Lipinski definition) is 13. The summed E-state index contributed by atoms with van der Waals surface area (Å²) in [5, 5.41) is 21.0. The third-order valence-electron chi connectivity index (χ3n) is 7.26. The summed E-state index contributed by atoms with van der Waals surface area (Å²) in [7, 11) is -10.3. The fourth-order valence-corrected chi connectivity index (χ4v) is 6.02. The van der Waals surface area contributed by atoms with E-state index in [2.05, 4.69) is 15.5 Å². The van der Waals surface area contributed by atoms with Gasteiger partial charge in [-0.3, -0.25) is 4.79 Å². The third kappa shape index (κ3) is 9.54. The number of aliphatic imine (C=N–C) groups is 1. The van der Waals surface area contributed by atoms with Crippen molar-refractivity contribution in [2.45, 2.75) is 37.5 Å². The van der Waals surface area contributed by atoms with Crippen molar-refractivity contribution in [2.75, 3.05) is 29.9 Å². The molecule has 0 spiro atoms. The van der Waals surface area contributed by atoms with E-state index in [0.717, 1.165) is 12.2 Å². The van der Waals surface area contributed by atoms with Crippen LogP contribution in [0.4, 0.5) is 17.1 Å². The Kier molecular flexibility index (Phi) is 13.5. The van der Waals surface area contributed by atoms with Crippen LogP contribution >= 0.6 is 0 Å². The molecule has 4 aromatic rings. The average molecular weight is 740 g/mol. The van der Waals surface area contributed by atoms with E-state index in [4.69, 9.17) is 9.98 Å². The number of carbonyl (C=O) groups is 1. The van der Waals surface area contributed by atoms with Gasteiger partial charge in [0.25, 0.3) is 5.91 Å². The van der Waals surface area contributed by atoms with E-state index in [1.54, 1.807) is 12.1 Å². The maximum absolute atomic E-state index is 12.8. The number of rotatable bonds is 10. The Morgan fingerprint density at radius 1 is 0.940 bits per heavy atom. The Morgan fingerprint density at radius 3 is 2.02 bits per heavy atom. The fraction of sp³-hybridized carbons (Fsp3) is 0.258. The van der Waals surface area contributed by atoms with Crippen LogP contribution < -0.4 is 69.3 Å². The van der Waals surface area contributed by atoms with Crippen molar-refractivity contribution in [3.63, 3.8) is 0 Å². The summed E-state index contributed by atoms with van der Waals surface area (Å²) in [4.78, 5) is 23.8. The van der Waals surface area contributed by atoms with E-state index < -0.39 is 41.5 Å². The second-order valence-electron chi connectivity index (χ2n) is 11.8. The van der Waals surface area contributed by atoms with E-state index in [-0.39, 0.29) is 76.8 Å². The number of hydrogen-bond donors (Lipinski definition) is 2. The van der Waals surface area contributed by atoms with Crippen LogP contribution in [-0.4, -0.2) is 82.9 Å². The van der Waals surface area contributed by atoms with E-state index in [0.29, 0.717) is 59.1 Å². The quantitative estimate of drug-likeness (QED) is 0.125. The van der Waals surface area contributed by atoms with Gasteiger partial charge < -0.3 is 24.4 Å². The molecule has 2 N–H and O–H groups in total. The Bertz CT molecular complexity index is 2110. The molecule has 1 aliphatic heterocycles. The van der Waals surface area contributed by atoms with Gasteiger partial charge >= 0.3 is 59.1 Å². The predicted molar refractivity (Wildman–Crippen MR) is 176 cm³/mol. The molecule has 0 saturated carbocycles. The van der Waals surface area contributed by atoms with Crippen LogP contribution in [0.3, 0.4) is 0 Å². The first-order valence-corrected chi connectivity index (χ1v) is 17.4. The molecule has 15 nitrogen and oxygen atoms in total. The standard InChI is InChI=1S/C31H33N7O8S2.2Na/c1-5-37(14-15-39)23-12-10-21(11-13-23)32-26-27(31(2,3)4)35-38-29(26)34-28(36-38)19-6-8-22(9-7-19)33-30(40)20-16-24(47(41,42)43)18-25(17-20)48(44,45)46;;/h6-13,16-18,39H,5,14-15H2,1-4H3,(H,33,40)(H,41,42,43)(H,44,45,46);;/q;2*+1/p-2. The monoisotopic (exact) mass is 739 g/mol. The zero-order chi connectivity index (χ0) is 35.0. The van der Waals surface area contributed by atoms with Crippen LogP contribution in [0.5, 0.6) is 0 Å². The Morgan fingerprint density at radius 2 is 1.52 bits per heavy atom. The first kappa shape index (κ1) is 41.6. The van der Waals surface area contributed by atoms with Crippen LogP contribution in [0.2, 0.25) is 0 Å². The maximum atomic E-state index is 12.8. The first-order valence-electron chi connectivity index (χ1n) is 14.6. The molecule has 0 atom stereocenters. The second kappa shape index (κ2) is 16.2. The molecule has 1 aromatic heterocycles. The maximum Gasteiger partial charge on any atom is 1.00 e. The summed E-state index contributed by atoms with van der Waals surface area (Å²) >= 11 is 0. The molecule has 0 radical (unpaired) electrons. The van der Waals surface area contributed by atoms with Gasteiger partial charge in [0.2, 0.25) is 5.82 Å². The van der Waals surface area contributed by atoms with Gasteiger partial charge in [-0.2, -0.15) is 5.10 Å². The SMILES string of the molecule is CCN(CCO)c1ccc(N=C2C(C(C)(C)C)=Nn3nc(-c4ccc(NC(=O)c5cc(S(=O)(=O)[O-])cc(S(=O)(=O)[O-])c5)cc4)nc32)cc1.[Na+].[Na+].